The Bertz CT molecular complexity index is 1010. The summed E-state index contributed by atoms with van der Waals surface area (Å²) >= 11 is 0. The minimum absolute atomic E-state index is 0. The second-order valence-electron chi connectivity index (χ2n) is 8.85. The molecule has 0 spiro atoms. The van der Waals surface area contributed by atoms with Gasteiger partial charge < -0.3 is 29.8 Å². The summed E-state index contributed by atoms with van der Waals surface area (Å²) in [5.74, 6) is 2.70. The molecule has 4 aromatic rings. The van der Waals surface area contributed by atoms with Crippen molar-refractivity contribution in [3.63, 3.8) is 0 Å². The molecule has 0 aliphatic heterocycles. The predicted octanol–water partition coefficient (Wildman–Crippen LogP) is 3.04. The fourth-order valence-corrected chi connectivity index (χ4v) is 2.32. The molecule has 0 saturated heterocycles. The summed E-state index contributed by atoms with van der Waals surface area (Å²) in [6, 6.07) is 11.3. The average Bonchev–Trinajstić information content (AvgIpc) is 3.54. The maximum atomic E-state index is 7.75. The molecule has 0 atom stereocenters. The molecule has 0 N–H and O–H groups in total. The van der Waals surface area contributed by atoms with Gasteiger partial charge in [0, 0.05) is 34.9 Å². The van der Waals surface area contributed by atoms with Crippen molar-refractivity contribution in [3.05, 3.63) is 60.4 Å². The second kappa shape index (κ2) is 14.7. The Kier molecular flexibility index (Phi) is 13.3. The molecule has 0 aliphatic carbocycles. The Morgan fingerprint density at radius 2 is 0.971 bits per heavy atom. The van der Waals surface area contributed by atoms with Gasteiger partial charge in [0.05, 0.1) is 11.4 Å². The van der Waals surface area contributed by atoms with Gasteiger partial charge in [-0.05, 0) is 35.9 Å². The fraction of sp³-hybridized carbons (Fsp3) is 0.333. The normalized spacial score (nSPS) is 10.2. The van der Waals surface area contributed by atoms with Crippen molar-refractivity contribution < 1.29 is 29.4 Å². The summed E-state index contributed by atoms with van der Waals surface area (Å²) in [5.41, 5.74) is 1.39. The van der Waals surface area contributed by atoms with Crippen molar-refractivity contribution in [1.29, 1.82) is 0 Å². The molecule has 11 heteroatoms. The van der Waals surface area contributed by atoms with Gasteiger partial charge in [0.25, 0.3) is 0 Å². The molecule has 0 aliphatic rings. The molecule has 4 heterocycles. The van der Waals surface area contributed by atoms with E-state index in [1.807, 2.05) is 36.4 Å². The third-order valence-electron chi connectivity index (χ3n) is 4.03. The zero-order valence-corrected chi connectivity index (χ0v) is 23.1. The molecule has 4 aromatic heterocycles. The number of hydrogen-bond donors (Lipinski definition) is 0. The van der Waals surface area contributed by atoms with E-state index in [2.05, 4.69) is 95.5 Å². The first-order chi connectivity index (χ1) is 16.1. The molecule has 0 fully saturated rings. The van der Waals surface area contributed by atoms with E-state index < -0.39 is 0 Å². The van der Waals surface area contributed by atoms with Gasteiger partial charge in [-0.1, -0.05) is 53.7 Å². The van der Waals surface area contributed by atoms with E-state index in [9.17, 15) is 0 Å². The van der Waals surface area contributed by atoms with E-state index in [0.717, 1.165) is 23.0 Å². The Balaban J connectivity index is 0.000000565. The Morgan fingerprint density at radius 1 is 0.629 bits per heavy atom. The van der Waals surface area contributed by atoms with Crippen LogP contribution in [-0.4, -0.2) is 43.7 Å². The molecule has 0 saturated carbocycles. The van der Waals surface area contributed by atoms with Gasteiger partial charge in [-0.3, -0.25) is 33.7 Å². The molecular formula is C24H28N8O2Os. The standard InChI is InChI=1S/2C11H13N4.2CHO.Os/c2*1-11(2,3)10-13-9(14-15-10)8-6-4-5-7-12-8;2*1-2;/h2*4-7H,1-3H3;2*1H;/q4*-1;+4. The zero-order chi connectivity index (χ0) is 25.8. The van der Waals surface area contributed by atoms with Crippen LogP contribution >= 0.6 is 0 Å². The maximum Gasteiger partial charge on any atom is 4.00 e. The van der Waals surface area contributed by atoms with Crippen LogP contribution in [0.3, 0.4) is 0 Å². The number of aromatic nitrogens is 8. The van der Waals surface area contributed by atoms with Gasteiger partial charge in [-0.25, -0.2) is 0 Å². The first kappa shape index (κ1) is 31.6. The van der Waals surface area contributed by atoms with Gasteiger partial charge in [0.2, 0.25) is 0 Å². The average molecular weight is 651 g/mol. The molecule has 0 unspecified atom stereocenters. The third-order valence-corrected chi connectivity index (χ3v) is 4.03. The van der Waals surface area contributed by atoms with Crippen molar-refractivity contribution in [1.82, 2.24) is 40.3 Å². The second-order valence-corrected chi connectivity index (χ2v) is 8.85. The van der Waals surface area contributed by atoms with E-state index in [1.54, 1.807) is 12.4 Å². The van der Waals surface area contributed by atoms with Crippen molar-refractivity contribution >= 4 is 13.6 Å². The topological polar surface area (TPSA) is 140 Å². The van der Waals surface area contributed by atoms with Crippen LogP contribution in [-0.2, 0) is 40.2 Å². The van der Waals surface area contributed by atoms with Crippen LogP contribution in [0, 0.1) is 0 Å². The molecule has 0 amide bonds. The molecule has 0 radical (unpaired) electrons. The minimum Gasteiger partial charge on any atom is -0.545 e. The van der Waals surface area contributed by atoms with Crippen LogP contribution < -0.4 is 10.2 Å². The Labute approximate surface area is 218 Å². The first-order valence-electron chi connectivity index (χ1n) is 10.2. The summed E-state index contributed by atoms with van der Waals surface area (Å²) in [6.45, 7) is 18.9. The van der Waals surface area contributed by atoms with E-state index in [4.69, 9.17) is 9.59 Å². The van der Waals surface area contributed by atoms with Crippen molar-refractivity contribution in [2.24, 2.45) is 0 Å². The number of carbonyl (C=O) groups excluding carboxylic acids is 2. The summed E-state index contributed by atoms with van der Waals surface area (Å²) in [5, 5.41) is 16.2. The quantitative estimate of drug-likeness (QED) is 0.235. The van der Waals surface area contributed by atoms with Gasteiger partial charge in [0.1, 0.15) is 0 Å². The van der Waals surface area contributed by atoms with Crippen LogP contribution in [0.4, 0.5) is 0 Å². The van der Waals surface area contributed by atoms with Crippen LogP contribution in [0.5, 0.6) is 0 Å². The van der Waals surface area contributed by atoms with E-state index >= 15 is 0 Å². The van der Waals surface area contributed by atoms with Gasteiger partial charge in [-0.2, -0.15) is 0 Å². The van der Waals surface area contributed by atoms with E-state index in [-0.39, 0.29) is 30.6 Å². The maximum absolute atomic E-state index is 7.75. The van der Waals surface area contributed by atoms with Gasteiger partial charge in [0.15, 0.2) is 0 Å². The largest absolute Gasteiger partial charge is 4.00 e. The summed E-state index contributed by atoms with van der Waals surface area (Å²) in [7, 11) is 0. The number of pyridine rings is 2. The van der Waals surface area contributed by atoms with Crippen LogP contribution in [0.25, 0.3) is 23.0 Å². The van der Waals surface area contributed by atoms with Crippen molar-refractivity contribution in [3.8, 4) is 23.0 Å². The molecule has 35 heavy (non-hydrogen) atoms. The molecule has 184 valence electrons. The first-order valence-corrected chi connectivity index (χ1v) is 10.2. The smallest absolute Gasteiger partial charge is 0.545 e. The summed E-state index contributed by atoms with van der Waals surface area (Å²) < 4.78 is 0. The third kappa shape index (κ3) is 9.75. The molecular weight excluding hydrogens is 623 g/mol. The van der Waals surface area contributed by atoms with Crippen LogP contribution in [0.1, 0.15) is 53.2 Å². The van der Waals surface area contributed by atoms with Crippen LogP contribution in [0.15, 0.2) is 48.8 Å². The Morgan fingerprint density at radius 3 is 1.20 bits per heavy atom. The van der Waals surface area contributed by atoms with E-state index in [1.165, 1.54) is 0 Å². The minimum atomic E-state index is -0.0694. The number of nitrogens with zero attached hydrogens (tertiary/aromatic N) is 8. The van der Waals surface area contributed by atoms with Crippen molar-refractivity contribution in [2.45, 2.75) is 52.4 Å². The SMILES string of the molecule is CC(C)(C)c1n[n-]c(-c2ccccn2)n1.CC(C)(C)c1n[n-]c(-c2ccccn2)n1.[CH-]=O.[CH-]=O.[Os+4]. The predicted molar refractivity (Wildman–Crippen MR) is 128 cm³/mol. The molecule has 0 bridgehead atoms. The van der Waals surface area contributed by atoms with Crippen LogP contribution in [0.2, 0.25) is 0 Å². The van der Waals surface area contributed by atoms with Gasteiger partial charge in [-0.15, -0.1) is 0 Å². The molecule has 10 nitrogen and oxygen atoms in total. The zero-order valence-electron chi connectivity index (χ0n) is 20.5. The molecule has 0 aromatic carbocycles. The Hall–Kier alpha value is -3.44. The summed E-state index contributed by atoms with van der Waals surface area (Å²) in [6.07, 6.45) is 3.45. The van der Waals surface area contributed by atoms with E-state index in [0.29, 0.717) is 11.6 Å². The van der Waals surface area contributed by atoms with Gasteiger partial charge >= 0.3 is 19.8 Å². The number of hydrogen-bond acceptors (Lipinski definition) is 8. The summed E-state index contributed by atoms with van der Waals surface area (Å²) in [4.78, 5) is 32.6. The monoisotopic (exact) mass is 652 g/mol. The molecule has 4 rings (SSSR count). The number of rotatable bonds is 2. The van der Waals surface area contributed by atoms with Crippen molar-refractivity contribution in [2.75, 3.05) is 0 Å². The fourth-order valence-electron chi connectivity index (χ4n) is 2.32.